The third-order valence-corrected chi connectivity index (χ3v) is 3.09. The maximum Gasteiger partial charge on any atom is 0.169 e. The lowest BCUT2D eigenvalue weighted by molar-refractivity contribution is -0.120. The van der Waals surface area contributed by atoms with Gasteiger partial charge in [0.1, 0.15) is 0 Å². The van der Waals surface area contributed by atoms with Crippen molar-refractivity contribution in [1.29, 1.82) is 0 Å². The molecule has 0 aromatic heterocycles. The van der Waals surface area contributed by atoms with Crippen molar-refractivity contribution < 1.29 is 4.79 Å². The quantitative estimate of drug-likeness (QED) is 0.500. The van der Waals surface area contributed by atoms with Gasteiger partial charge < -0.3 is 0 Å². The molecule has 2 aliphatic rings. The first kappa shape index (κ1) is 7.78. The first-order valence-corrected chi connectivity index (χ1v) is 4.58. The summed E-state index contributed by atoms with van der Waals surface area (Å²) in [4.78, 5) is 11.8. The molecule has 0 aliphatic heterocycles. The van der Waals surface area contributed by atoms with E-state index in [0.717, 1.165) is 24.8 Å². The second kappa shape index (κ2) is 2.32. The molecule has 0 amide bonds. The number of ketones is 1. The largest absolute Gasteiger partial charge is 0.294 e. The topological polar surface area (TPSA) is 17.1 Å². The summed E-state index contributed by atoms with van der Waals surface area (Å²) >= 11 is 0. The molecule has 0 atom stereocenters. The highest BCUT2D eigenvalue weighted by atomic mass is 16.1. The van der Waals surface area contributed by atoms with Crippen molar-refractivity contribution in [3.8, 4) is 0 Å². The van der Waals surface area contributed by atoms with Gasteiger partial charge in [0.25, 0.3) is 0 Å². The van der Waals surface area contributed by atoms with Crippen LogP contribution in [0.15, 0.2) is 23.3 Å². The maximum atomic E-state index is 11.8. The molecule has 2 rings (SSSR count). The zero-order valence-electron chi connectivity index (χ0n) is 7.68. The highest BCUT2D eigenvalue weighted by Gasteiger charge is 2.51. The zero-order valence-corrected chi connectivity index (χ0v) is 7.68. The predicted octanol–water partition coefficient (Wildman–Crippen LogP) is 2.63. The van der Waals surface area contributed by atoms with Crippen LogP contribution in [-0.4, -0.2) is 5.78 Å². The Balaban J connectivity index is 2.40. The van der Waals surface area contributed by atoms with Gasteiger partial charge in [-0.15, -0.1) is 0 Å². The molecule has 0 unspecified atom stereocenters. The predicted molar refractivity (Wildman–Crippen MR) is 48.8 cm³/mol. The minimum atomic E-state index is 0.0569. The van der Waals surface area contributed by atoms with Crippen LogP contribution in [-0.2, 0) is 4.79 Å². The highest BCUT2D eigenvalue weighted by molar-refractivity contribution is 6.06. The van der Waals surface area contributed by atoms with Crippen LogP contribution in [0.5, 0.6) is 0 Å². The Hall–Kier alpha value is -0.850. The molecule has 1 fully saturated rings. The first-order valence-electron chi connectivity index (χ1n) is 4.58. The van der Waals surface area contributed by atoms with Crippen LogP contribution in [0, 0.1) is 5.41 Å². The van der Waals surface area contributed by atoms with Gasteiger partial charge in [-0.2, -0.15) is 0 Å². The smallest absolute Gasteiger partial charge is 0.169 e. The van der Waals surface area contributed by atoms with Gasteiger partial charge in [0, 0.05) is 11.0 Å². The molecule has 64 valence electrons. The van der Waals surface area contributed by atoms with Crippen LogP contribution in [0.3, 0.4) is 0 Å². The first-order chi connectivity index (χ1) is 5.69. The molecule has 0 N–H and O–H groups in total. The van der Waals surface area contributed by atoms with Crippen molar-refractivity contribution >= 4 is 5.78 Å². The van der Waals surface area contributed by atoms with Gasteiger partial charge in [-0.25, -0.2) is 0 Å². The van der Waals surface area contributed by atoms with Gasteiger partial charge >= 0.3 is 0 Å². The molecule has 1 heteroatoms. The molecule has 1 nitrogen and oxygen atoms in total. The molecule has 0 saturated heterocycles. The fourth-order valence-electron chi connectivity index (χ4n) is 1.96. The van der Waals surface area contributed by atoms with Gasteiger partial charge in [-0.3, -0.25) is 4.79 Å². The Kier molecular flexibility index (Phi) is 1.50. The number of carbonyl (C=O) groups excluding carboxylic acids is 1. The molecule has 0 aromatic rings. The molecular weight excluding hydrogens is 148 g/mol. The van der Waals surface area contributed by atoms with E-state index in [-0.39, 0.29) is 5.41 Å². The Labute approximate surface area is 73.2 Å². The van der Waals surface area contributed by atoms with E-state index < -0.39 is 0 Å². The van der Waals surface area contributed by atoms with E-state index in [0.29, 0.717) is 5.78 Å². The molecule has 0 radical (unpaired) electrons. The SMILES string of the molecule is C/C=C1\C(=O)C2(CC=C1C)CC2. The lowest BCUT2D eigenvalue weighted by atomic mass is 9.82. The number of hydrogen-bond acceptors (Lipinski definition) is 1. The zero-order chi connectivity index (χ0) is 8.77. The molecule has 12 heavy (non-hydrogen) atoms. The summed E-state index contributed by atoms with van der Waals surface area (Å²) in [5.41, 5.74) is 2.18. The number of rotatable bonds is 0. The second-order valence-corrected chi connectivity index (χ2v) is 3.90. The molecular formula is C11H14O. The van der Waals surface area contributed by atoms with Crippen molar-refractivity contribution in [2.24, 2.45) is 5.41 Å². The number of Topliss-reactive ketones (excluding diaryl/α,β-unsaturated/α-hetero) is 1. The van der Waals surface area contributed by atoms with Crippen LogP contribution in [0.4, 0.5) is 0 Å². The van der Waals surface area contributed by atoms with Crippen molar-refractivity contribution in [3.05, 3.63) is 23.3 Å². The minimum Gasteiger partial charge on any atom is -0.294 e. The van der Waals surface area contributed by atoms with Crippen LogP contribution in [0.2, 0.25) is 0 Å². The fourth-order valence-corrected chi connectivity index (χ4v) is 1.96. The third-order valence-electron chi connectivity index (χ3n) is 3.09. The number of allylic oxidation sites excluding steroid dienone is 4. The monoisotopic (exact) mass is 162 g/mol. The van der Waals surface area contributed by atoms with E-state index in [1.165, 1.54) is 5.57 Å². The molecule has 0 bridgehead atoms. The summed E-state index contributed by atoms with van der Waals surface area (Å²) < 4.78 is 0. The summed E-state index contributed by atoms with van der Waals surface area (Å²) in [6.07, 6.45) is 7.35. The van der Waals surface area contributed by atoms with Crippen molar-refractivity contribution in [3.63, 3.8) is 0 Å². The van der Waals surface area contributed by atoms with Gasteiger partial charge in [-0.1, -0.05) is 12.2 Å². The van der Waals surface area contributed by atoms with Crippen LogP contribution < -0.4 is 0 Å². The van der Waals surface area contributed by atoms with E-state index in [4.69, 9.17) is 0 Å². The van der Waals surface area contributed by atoms with Crippen LogP contribution in [0.1, 0.15) is 33.1 Å². The Bertz CT molecular complexity index is 290. The lowest BCUT2D eigenvalue weighted by Gasteiger charge is -2.20. The van der Waals surface area contributed by atoms with Gasteiger partial charge in [0.15, 0.2) is 5.78 Å². The average molecular weight is 162 g/mol. The van der Waals surface area contributed by atoms with E-state index in [2.05, 4.69) is 6.08 Å². The van der Waals surface area contributed by atoms with Crippen molar-refractivity contribution in [1.82, 2.24) is 0 Å². The summed E-state index contributed by atoms with van der Waals surface area (Å²) in [6, 6.07) is 0. The average Bonchev–Trinajstić information content (AvgIpc) is 2.81. The minimum absolute atomic E-state index is 0.0569. The fraction of sp³-hybridized carbons (Fsp3) is 0.545. The van der Waals surface area contributed by atoms with E-state index in [1.807, 2.05) is 19.9 Å². The molecule has 0 heterocycles. The maximum absolute atomic E-state index is 11.8. The van der Waals surface area contributed by atoms with E-state index >= 15 is 0 Å². The summed E-state index contributed by atoms with van der Waals surface area (Å²) in [5, 5.41) is 0. The normalized spacial score (nSPS) is 29.3. The Morgan fingerprint density at radius 3 is 2.67 bits per heavy atom. The van der Waals surface area contributed by atoms with Crippen LogP contribution in [0.25, 0.3) is 0 Å². The van der Waals surface area contributed by atoms with E-state index in [9.17, 15) is 4.79 Å². The Morgan fingerprint density at radius 1 is 1.50 bits per heavy atom. The number of hydrogen-bond donors (Lipinski definition) is 0. The summed E-state index contributed by atoms with van der Waals surface area (Å²) in [7, 11) is 0. The van der Waals surface area contributed by atoms with Gasteiger partial charge in [0.2, 0.25) is 0 Å². The number of carbonyl (C=O) groups is 1. The third kappa shape index (κ3) is 0.889. The standard InChI is InChI=1S/C11H14O/c1-3-9-8(2)4-5-11(6-7-11)10(9)12/h3-4H,5-7H2,1-2H3/b9-3-. The van der Waals surface area contributed by atoms with Crippen LogP contribution >= 0.6 is 0 Å². The molecule has 0 aromatic carbocycles. The lowest BCUT2D eigenvalue weighted by Crippen LogP contribution is -2.21. The second-order valence-electron chi connectivity index (χ2n) is 3.90. The van der Waals surface area contributed by atoms with Gasteiger partial charge in [-0.05, 0) is 38.7 Å². The van der Waals surface area contributed by atoms with Crippen molar-refractivity contribution in [2.45, 2.75) is 33.1 Å². The molecule has 1 saturated carbocycles. The Morgan fingerprint density at radius 2 is 2.17 bits per heavy atom. The summed E-state index contributed by atoms with van der Waals surface area (Å²) in [6.45, 7) is 3.98. The molecule has 2 aliphatic carbocycles. The van der Waals surface area contributed by atoms with E-state index in [1.54, 1.807) is 0 Å². The molecule has 1 spiro atoms. The highest BCUT2D eigenvalue weighted by Crippen LogP contribution is 2.54. The van der Waals surface area contributed by atoms with Gasteiger partial charge in [0.05, 0.1) is 0 Å². The van der Waals surface area contributed by atoms with Crippen molar-refractivity contribution in [2.75, 3.05) is 0 Å². The summed E-state index contributed by atoms with van der Waals surface area (Å²) in [5.74, 6) is 0.394.